The monoisotopic (exact) mass is 419 g/mol. The number of aryl methyl sites for hydroxylation is 1. The van der Waals surface area contributed by atoms with Gasteiger partial charge in [-0.05, 0) is 56.3 Å². The van der Waals surface area contributed by atoms with Gasteiger partial charge in [0, 0.05) is 36.6 Å². The lowest BCUT2D eigenvalue weighted by Crippen LogP contribution is -2.40. The van der Waals surface area contributed by atoms with E-state index in [0.717, 1.165) is 54.3 Å². The molecule has 31 heavy (non-hydrogen) atoms. The third kappa shape index (κ3) is 3.42. The van der Waals surface area contributed by atoms with E-state index in [0.29, 0.717) is 19.6 Å². The Kier molecular flexibility index (Phi) is 5.02. The third-order valence-corrected chi connectivity index (χ3v) is 6.86. The Bertz CT molecular complexity index is 1140. The Morgan fingerprint density at radius 2 is 2.13 bits per heavy atom. The van der Waals surface area contributed by atoms with Crippen molar-refractivity contribution >= 4 is 22.6 Å². The number of nitrogens with zero attached hydrogens (tertiary/aromatic N) is 4. The molecular formula is C24H29N5O2. The largest absolute Gasteiger partial charge is 0.383 e. The van der Waals surface area contributed by atoms with Crippen LogP contribution in [0.3, 0.4) is 0 Å². The van der Waals surface area contributed by atoms with Gasteiger partial charge in [0.25, 0.3) is 0 Å². The molecule has 0 saturated carbocycles. The summed E-state index contributed by atoms with van der Waals surface area (Å²) in [6, 6.07) is 8.70. The van der Waals surface area contributed by atoms with Crippen LogP contribution in [0.2, 0.25) is 0 Å². The lowest BCUT2D eigenvalue weighted by atomic mass is 9.96. The summed E-state index contributed by atoms with van der Waals surface area (Å²) < 4.78 is 5.21. The number of rotatable bonds is 6. The molecule has 7 nitrogen and oxygen atoms in total. The van der Waals surface area contributed by atoms with E-state index in [1.807, 2.05) is 13.1 Å². The Hall–Kier alpha value is -2.77. The quantitative estimate of drug-likeness (QED) is 0.664. The van der Waals surface area contributed by atoms with Gasteiger partial charge >= 0.3 is 0 Å². The summed E-state index contributed by atoms with van der Waals surface area (Å²) in [6.07, 6.45) is 4.46. The molecule has 7 heteroatoms. The van der Waals surface area contributed by atoms with E-state index in [2.05, 4.69) is 41.1 Å². The number of methoxy groups -OCH3 is 1. The van der Waals surface area contributed by atoms with Gasteiger partial charge in [-0.25, -0.2) is 9.97 Å². The predicted octanol–water partition coefficient (Wildman–Crippen LogP) is 3.31. The lowest BCUT2D eigenvalue weighted by molar-refractivity contribution is -0.117. The molecule has 2 aliphatic heterocycles. The molecule has 2 aliphatic rings. The molecule has 1 amide bonds. The van der Waals surface area contributed by atoms with E-state index in [-0.39, 0.29) is 11.4 Å². The van der Waals surface area contributed by atoms with E-state index in [1.54, 1.807) is 12.0 Å². The molecule has 1 saturated heterocycles. The van der Waals surface area contributed by atoms with Crippen molar-refractivity contribution in [3.05, 3.63) is 53.1 Å². The number of carbonyl (C=O) groups is 1. The van der Waals surface area contributed by atoms with Crippen molar-refractivity contribution in [2.75, 3.05) is 31.7 Å². The van der Waals surface area contributed by atoms with Crippen molar-refractivity contribution in [3.63, 3.8) is 0 Å². The fraction of sp³-hybridized carbons (Fsp3) is 0.458. The van der Waals surface area contributed by atoms with Gasteiger partial charge < -0.3 is 9.72 Å². The molecule has 5 rings (SSSR count). The highest BCUT2D eigenvalue weighted by molar-refractivity contribution is 6.00. The summed E-state index contributed by atoms with van der Waals surface area (Å²) in [7, 11) is 1.65. The second-order valence-corrected chi connectivity index (χ2v) is 8.85. The smallest absolute Gasteiger partial charge is 0.232 e. The van der Waals surface area contributed by atoms with Crippen LogP contribution in [0.5, 0.6) is 0 Å². The van der Waals surface area contributed by atoms with E-state index in [1.165, 1.54) is 10.9 Å². The summed E-state index contributed by atoms with van der Waals surface area (Å²) in [5.41, 5.74) is 4.04. The molecule has 2 aromatic heterocycles. The summed E-state index contributed by atoms with van der Waals surface area (Å²) in [5.74, 6) is 1.67. The fourth-order valence-electron chi connectivity index (χ4n) is 4.97. The minimum absolute atomic E-state index is 0.0780. The molecule has 4 heterocycles. The SMILES string of the molecule is COCCN1C(=O)Cc2c(C)nc(C3(C)CCCN3Cc3ccc4cc[nH]c4c3)nc21. The summed E-state index contributed by atoms with van der Waals surface area (Å²) in [5, 5.41) is 1.23. The van der Waals surface area contributed by atoms with Crippen molar-refractivity contribution in [2.24, 2.45) is 0 Å². The molecule has 1 aromatic carbocycles. The van der Waals surface area contributed by atoms with Gasteiger partial charge in [0.05, 0.1) is 25.1 Å². The second-order valence-electron chi connectivity index (χ2n) is 8.85. The van der Waals surface area contributed by atoms with Gasteiger partial charge in [-0.1, -0.05) is 12.1 Å². The highest BCUT2D eigenvalue weighted by Gasteiger charge is 2.42. The van der Waals surface area contributed by atoms with Crippen LogP contribution in [0.1, 0.15) is 42.4 Å². The Balaban J connectivity index is 1.47. The maximum Gasteiger partial charge on any atom is 0.232 e. The lowest BCUT2D eigenvalue weighted by Gasteiger charge is -2.34. The molecule has 3 aromatic rings. The first kappa shape index (κ1) is 20.2. The number of aromatic nitrogens is 3. The van der Waals surface area contributed by atoms with Crippen LogP contribution in [-0.4, -0.2) is 52.6 Å². The summed E-state index contributed by atoms with van der Waals surface area (Å²) in [4.78, 5) is 30.0. The number of amides is 1. The van der Waals surface area contributed by atoms with Crippen LogP contribution < -0.4 is 4.90 Å². The number of carbonyl (C=O) groups excluding carboxylic acids is 1. The number of hydrogen-bond donors (Lipinski definition) is 1. The first-order valence-electron chi connectivity index (χ1n) is 11.0. The topological polar surface area (TPSA) is 74.3 Å². The average Bonchev–Trinajstić information content (AvgIpc) is 3.45. The second kappa shape index (κ2) is 7.73. The number of hydrogen-bond acceptors (Lipinski definition) is 5. The number of aromatic amines is 1. The molecule has 1 fully saturated rings. The number of ether oxygens (including phenoxy) is 1. The molecule has 1 atom stereocenters. The zero-order chi connectivity index (χ0) is 21.6. The van der Waals surface area contributed by atoms with Crippen LogP contribution in [0.15, 0.2) is 30.5 Å². The molecule has 0 bridgehead atoms. The van der Waals surface area contributed by atoms with Crippen molar-refractivity contribution in [3.8, 4) is 0 Å². The normalized spacial score (nSPS) is 21.4. The van der Waals surface area contributed by atoms with Crippen LogP contribution in [-0.2, 0) is 28.0 Å². The zero-order valence-electron chi connectivity index (χ0n) is 18.4. The van der Waals surface area contributed by atoms with Crippen LogP contribution in [0.25, 0.3) is 10.9 Å². The maximum absolute atomic E-state index is 12.6. The highest BCUT2D eigenvalue weighted by atomic mass is 16.5. The van der Waals surface area contributed by atoms with Crippen LogP contribution >= 0.6 is 0 Å². The molecule has 0 radical (unpaired) electrons. The number of H-pyrrole nitrogens is 1. The van der Waals surface area contributed by atoms with Gasteiger partial charge in [0.2, 0.25) is 5.91 Å². The van der Waals surface area contributed by atoms with Crippen LogP contribution in [0.4, 0.5) is 5.82 Å². The number of nitrogens with one attached hydrogen (secondary N) is 1. The van der Waals surface area contributed by atoms with E-state index in [4.69, 9.17) is 14.7 Å². The highest BCUT2D eigenvalue weighted by Crippen LogP contribution is 2.40. The van der Waals surface area contributed by atoms with Gasteiger partial charge in [-0.3, -0.25) is 14.6 Å². The molecule has 1 unspecified atom stereocenters. The van der Waals surface area contributed by atoms with Crippen molar-refractivity contribution < 1.29 is 9.53 Å². The molecule has 162 valence electrons. The number of fused-ring (bicyclic) bond motifs is 2. The minimum Gasteiger partial charge on any atom is -0.383 e. The number of anilines is 1. The summed E-state index contributed by atoms with van der Waals surface area (Å²) >= 11 is 0. The van der Waals surface area contributed by atoms with E-state index in [9.17, 15) is 4.79 Å². The van der Waals surface area contributed by atoms with E-state index < -0.39 is 0 Å². The van der Waals surface area contributed by atoms with Crippen molar-refractivity contribution in [2.45, 2.75) is 45.2 Å². The Labute approximate surface area is 182 Å². The van der Waals surface area contributed by atoms with Crippen molar-refractivity contribution in [1.82, 2.24) is 19.9 Å². The van der Waals surface area contributed by atoms with Crippen molar-refractivity contribution in [1.29, 1.82) is 0 Å². The zero-order valence-corrected chi connectivity index (χ0v) is 18.4. The fourth-order valence-corrected chi connectivity index (χ4v) is 4.97. The third-order valence-electron chi connectivity index (χ3n) is 6.86. The standard InChI is InChI=1S/C24H29N5O2/c1-16-19-14-21(30)29(11-12-31-3)22(19)27-23(26-16)24(2)8-4-10-28(24)15-17-5-6-18-7-9-25-20(18)13-17/h5-7,9,13,25H,4,8,10-12,14-15H2,1-3H3. The average molecular weight is 420 g/mol. The summed E-state index contributed by atoms with van der Waals surface area (Å²) in [6.45, 7) is 7.11. The van der Waals surface area contributed by atoms with Gasteiger partial charge in [0.1, 0.15) is 5.82 Å². The molecular weight excluding hydrogens is 390 g/mol. The van der Waals surface area contributed by atoms with Gasteiger partial charge in [-0.15, -0.1) is 0 Å². The Morgan fingerprint density at radius 1 is 1.26 bits per heavy atom. The Morgan fingerprint density at radius 3 is 2.97 bits per heavy atom. The predicted molar refractivity (Wildman–Crippen MR) is 120 cm³/mol. The first-order chi connectivity index (χ1) is 15.0. The van der Waals surface area contributed by atoms with Gasteiger partial charge in [-0.2, -0.15) is 0 Å². The maximum atomic E-state index is 12.6. The van der Waals surface area contributed by atoms with Crippen LogP contribution in [0, 0.1) is 6.92 Å². The first-order valence-corrected chi connectivity index (χ1v) is 11.0. The number of benzene rings is 1. The number of likely N-dealkylation sites (tertiary alicyclic amines) is 1. The minimum atomic E-state index is -0.261. The molecule has 0 spiro atoms. The van der Waals surface area contributed by atoms with Gasteiger partial charge in [0.15, 0.2) is 5.82 Å². The van der Waals surface area contributed by atoms with E-state index >= 15 is 0 Å². The molecule has 1 N–H and O–H groups in total. The molecule has 0 aliphatic carbocycles.